The van der Waals surface area contributed by atoms with Crippen LogP contribution in [0.5, 0.6) is 5.75 Å². The van der Waals surface area contributed by atoms with Crippen LogP contribution >= 0.6 is 31.9 Å². The number of ether oxygens (including phenoxy) is 1. The molecule has 0 bridgehead atoms. The summed E-state index contributed by atoms with van der Waals surface area (Å²) in [7, 11) is 0. The molecule has 0 amide bonds. The Labute approximate surface area is 143 Å². The van der Waals surface area contributed by atoms with Gasteiger partial charge in [-0.3, -0.25) is 0 Å². The number of halogens is 2. The van der Waals surface area contributed by atoms with Gasteiger partial charge < -0.3 is 10.1 Å². The Kier molecular flexibility index (Phi) is 6.27. The summed E-state index contributed by atoms with van der Waals surface area (Å²) in [5.74, 6) is 0.915. The van der Waals surface area contributed by atoms with E-state index in [0.717, 1.165) is 33.3 Å². The molecule has 0 spiro atoms. The molecule has 0 saturated carbocycles. The summed E-state index contributed by atoms with van der Waals surface area (Å²) in [4.78, 5) is 0. The van der Waals surface area contributed by atoms with Gasteiger partial charge >= 0.3 is 0 Å². The highest BCUT2D eigenvalue weighted by Crippen LogP contribution is 2.33. The fourth-order valence-corrected chi connectivity index (χ4v) is 3.62. The van der Waals surface area contributed by atoms with Crippen LogP contribution in [-0.2, 0) is 13.1 Å². The lowest BCUT2D eigenvalue weighted by Crippen LogP contribution is -2.14. The average molecular weight is 413 g/mol. The monoisotopic (exact) mass is 411 g/mol. The van der Waals surface area contributed by atoms with Gasteiger partial charge in [0.15, 0.2) is 0 Å². The van der Waals surface area contributed by atoms with Crippen LogP contribution in [0.4, 0.5) is 0 Å². The predicted octanol–water partition coefficient (Wildman–Crippen LogP) is 5.21. The molecule has 0 saturated heterocycles. The van der Waals surface area contributed by atoms with Crippen molar-refractivity contribution < 1.29 is 4.74 Å². The summed E-state index contributed by atoms with van der Waals surface area (Å²) in [5.41, 5.74) is 3.78. The van der Waals surface area contributed by atoms with Crippen molar-refractivity contribution in [3.8, 4) is 5.75 Å². The van der Waals surface area contributed by atoms with Crippen LogP contribution in [0.2, 0.25) is 0 Å². The minimum absolute atomic E-state index is 0.658. The standard InChI is InChI=1S/C17H19Br2NO/c1-3-21-17-14(8-15(18)9-16(17)19)11-20-10-13-7-5-4-6-12(13)2/h4-9,20H,3,10-11H2,1-2H3. The van der Waals surface area contributed by atoms with Gasteiger partial charge in [0.05, 0.1) is 11.1 Å². The van der Waals surface area contributed by atoms with Crippen molar-refractivity contribution in [2.45, 2.75) is 26.9 Å². The van der Waals surface area contributed by atoms with E-state index >= 15 is 0 Å². The molecular formula is C17H19Br2NO. The molecule has 21 heavy (non-hydrogen) atoms. The number of hydrogen-bond acceptors (Lipinski definition) is 2. The van der Waals surface area contributed by atoms with Crippen molar-refractivity contribution >= 4 is 31.9 Å². The largest absolute Gasteiger partial charge is 0.492 e. The zero-order chi connectivity index (χ0) is 15.2. The molecule has 0 heterocycles. The minimum atomic E-state index is 0.658. The second-order valence-corrected chi connectivity index (χ2v) is 6.61. The van der Waals surface area contributed by atoms with Crippen LogP contribution in [0, 0.1) is 6.92 Å². The summed E-state index contributed by atoms with van der Waals surface area (Å²) in [6, 6.07) is 12.5. The van der Waals surface area contributed by atoms with Gasteiger partial charge in [-0.2, -0.15) is 0 Å². The topological polar surface area (TPSA) is 21.3 Å². The fourth-order valence-electron chi connectivity index (χ4n) is 2.19. The second kappa shape index (κ2) is 7.97. The number of hydrogen-bond donors (Lipinski definition) is 1. The summed E-state index contributed by atoms with van der Waals surface area (Å²) < 4.78 is 7.77. The first-order valence-electron chi connectivity index (χ1n) is 6.97. The smallest absolute Gasteiger partial charge is 0.138 e. The van der Waals surface area contributed by atoms with E-state index < -0.39 is 0 Å². The molecule has 112 valence electrons. The van der Waals surface area contributed by atoms with E-state index in [2.05, 4.69) is 74.4 Å². The van der Waals surface area contributed by atoms with Crippen molar-refractivity contribution in [3.05, 3.63) is 62.0 Å². The van der Waals surface area contributed by atoms with Gasteiger partial charge in [-0.25, -0.2) is 0 Å². The molecule has 2 rings (SSSR count). The first-order chi connectivity index (χ1) is 10.1. The fraction of sp³-hybridized carbons (Fsp3) is 0.294. The third-order valence-electron chi connectivity index (χ3n) is 3.27. The molecule has 0 fully saturated rings. The Bertz CT molecular complexity index is 614. The molecule has 4 heteroatoms. The Morgan fingerprint density at radius 1 is 1.05 bits per heavy atom. The lowest BCUT2D eigenvalue weighted by Gasteiger charge is -2.14. The Hall–Kier alpha value is -0.840. The molecule has 2 nitrogen and oxygen atoms in total. The quantitative estimate of drug-likeness (QED) is 0.703. The molecule has 0 unspecified atom stereocenters. The highest BCUT2D eigenvalue weighted by Gasteiger charge is 2.10. The average Bonchev–Trinajstić information content (AvgIpc) is 2.44. The van der Waals surface area contributed by atoms with Crippen LogP contribution in [0.3, 0.4) is 0 Å². The number of aryl methyl sites for hydroxylation is 1. The second-order valence-electron chi connectivity index (χ2n) is 4.84. The lowest BCUT2D eigenvalue weighted by atomic mass is 10.1. The van der Waals surface area contributed by atoms with E-state index in [4.69, 9.17) is 4.74 Å². The van der Waals surface area contributed by atoms with Gasteiger partial charge in [-0.05, 0) is 53.0 Å². The zero-order valence-electron chi connectivity index (χ0n) is 12.2. The van der Waals surface area contributed by atoms with Crippen molar-refractivity contribution in [3.63, 3.8) is 0 Å². The molecule has 0 aromatic heterocycles. The van der Waals surface area contributed by atoms with Gasteiger partial charge in [0, 0.05) is 23.1 Å². The highest BCUT2D eigenvalue weighted by atomic mass is 79.9. The predicted molar refractivity (Wildman–Crippen MR) is 94.7 cm³/mol. The normalized spacial score (nSPS) is 10.7. The van der Waals surface area contributed by atoms with Gasteiger partial charge in [0.2, 0.25) is 0 Å². The van der Waals surface area contributed by atoms with Crippen molar-refractivity contribution in [1.29, 1.82) is 0 Å². The summed E-state index contributed by atoms with van der Waals surface area (Å²) >= 11 is 7.10. The third kappa shape index (κ3) is 4.56. The SMILES string of the molecule is CCOc1c(Br)cc(Br)cc1CNCc1ccccc1C. The van der Waals surface area contributed by atoms with Gasteiger partial charge in [-0.1, -0.05) is 40.2 Å². The number of nitrogens with one attached hydrogen (secondary N) is 1. The maximum absolute atomic E-state index is 5.74. The van der Waals surface area contributed by atoms with E-state index in [1.54, 1.807) is 0 Å². The first-order valence-corrected chi connectivity index (χ1v) is 8.56. The van der Waals surface area contributed by atoms with Crippen LogP contribution in [0.25, 0.3) is 0 Å². The molecule has 0 atom stereocenters. The molecule has 1 N–H and O–H groups in total. The van der Waals surface area contributed by atoms with E-state index in [1.807, 2.05) is 13.0 Å². The van der Waals surface area contributed by atoms with Gasteiger partial charge in [-0.15, -0.1) is 0 Å². The van der Waals surface area contributed by atoms with Gasteiger partial charge in [0.1, 0.15) is 5.75 Å². The van der Waals surface area contributed by atoms with E-state index in [9.17, 15) is 0 Å². The van der Waals surface area contributed by atoms with Crippen LogP contribution in [0.1, 0.15) is 23.6 Å². The lowest BCUT2D eigenvalue weighted by molar-refractivity contribution is 0.333. The molecule has 0 aliphatic carbocycles. The van der Waals surface area contributed by atoms with Gasteiger partial charge in [0.25, 0.3) is 0 Å². The highest BCUT2D eigenvalue weighted by molar-refractivity contribution is 9.11. The van der Waals surface area contributed by atoms with E-state index in [1.165, 1.54) is 11.1 Å². The van der Waals surface area contributed by atoms with Crippen LogP contribution in [0.15, 0.2) is 45.3 Å². The van der Waals surface area contributed by atoms with Crippen molar-refractivity contribution in [1.82, 2.24) is 5.32 Å². The molecule has 2 aromatic rings. The first kappa shape index (κ1) is 16.5. The zero-order valence-corrected chi connectivity index (χ0v) is 15.4. The van der Waals surface area contributed by atoms with E-state index in [-0.39, 0.29) is 0 Å². The molecule has 2 aromatic carbocycles. The Morgan fingerprint density at radius 3 is 2.48 bits per heavy atom. The Balaban J connectivity index is 2.07. The number of rotatable bonds is 6. The maximum atomic E-state index is 5.74. The minimum Gasteiger partial charge on any atom is -0.492 e. The summed E-state index contributed by atoms with van der Waals surface area (Å²) in [6.07, 6.45) is 0. The van der Waals surface area contributed by atoms with E-state index in [0.29, 0.717) is 6.61 Å². The summed E-state index contributed by atoms with van der Waals surface area (Å²) in [5, 5.41) is 3.49. The van der Waals surface area contributed by atoms with Crippen LogP contribution < -0.4 is 10.1 Å². The summed E-state index contributed by atoms with van der Waals surface area (Å²) in [6.45, 7) is 6.41. The van der Waals surface area contributed by atoms with Crippen LogP contribution in [-0.4, -0.2) is 6.61 Å². The van der Waals surface area contributed by atoms with Crippen molar-refractivity contribution in [2.24, 2.45) is 0 Å². The Morgan fingerprint density at radius 2 is 1.76 bits per heavy atom. The third-order valence-corrected chi connectivity index (χ3v) is 4.31. The maximum Gasteiger partial charge on any atom is 0.138 e. The molecule has 0 aliphatic rings. The van der Waals surface area contributed by atoms with Crippen molar-refractivity contribution in [2.75, 3.05) is 6.61 Å². The molecule has 0 radical (unpaired) electrons. The molecular weight excluding hydrogens is 394 g/mol. The number of benzene rings is 2. The molecule has 0 aliphatic heterocycles.